The van der Waals surface area contributed by atoms with Crippen LogP contribution in [0.5, 0.6) is 0 Å². The maximum atomic E-state index is 6.00. The highest BCUT2D eigenvalue weighted by molar-refractivity contribution is 9.10. The molecule has 0 spiro atoms. The van der Waals surface area contributed by atoms with Gasteiger partial charge in [-0.05, 0) is 37.1 Å². The predicted octanol–water partition coefficient (Wildman–Crippen LogP) is 4.59. The molecule has 1 aromatic heterocycles. The first kappa shape index (κ1) is 12.0. The lowest BCUT2D eigenvalue weighted by Crippen LogP contribution is -1.86. The van der Waals surface area contributed by atoms with Gasteiger partial charge in [0.2, 0.25) is 0 Å². The fourth-order valence-corrected chi connectivity index (χ4v) is 3.27. The van der Waals surface area contributed by atoms with E-state index in [1.807, 2.05) is 0 Å². The van der Waals surface area contributed by atoms with Gasteiger partial charge < -0.3 is 0 Å². The van der Waals surface area contributed by atoms with Gasteiger partial charge in [0.05, 0.1) is 5.02 Å². The summed E-state index contributed by atoms with van der Waals surface area (Å²) in [7, 11) is 0. The smallest absolute Gasteiger partial charge is 0.141 e. The highest BCUT2D eigenvalue weighted by Crippen LogP contribution is 2.36. The molecule has 0 radical (unpaired) electrons. The van der Waals surface area contributed by atoms with E-state index in [-0.39, 0.29) is 0 Å². The van der Waals surface area contributed by atoms with Crippen LogP contribution in [-0.4, -0.2) is 10.2 Å². The number of aromatic amines is 1. The molecule has 1 heterocycles. The van der Waals surface area contributed by atoms with E-state index in [4.69, 9.17) is 11.6 Å². The van der Waals surface area contributed by atoms with Crippen molar-refractivity contribution in [2.75, 3.05) is 0 Å². The quantitative estimate of drug-likeness (QED) is 0.877. The van der Waals surface area contributed by atoms with Crippen LogP contribution in [0.3, 0.4) is 0 Å². The highest BCUT2D eigenvalue weighted by Gasteiger charge is 2.10. The van der Waals surface area contributed by atoms with Crippen LogP contribution in [-0.2, 0) is 0 Å². The zero-order chi connectivity index (χ0) is 11.7. The summed E-state index contributed by atoms with van der Waals surface area (Å²) in [6.45, 7) is 4.17. The van der Waals surface area contributed by atoms with E-state index in [2.05, 4.69) is 52.1 Å². The number of aryl methyl sites for hydroxylation is 2. The normalized spacial score (nSPS) is 10.8. The number of halogens is 2. The molecular weight excluding hydrogens is 308 g/mol. The number of rotatable bonds is 2. The number of benzene rings is 1. The van der Waals surface area contributed by atoms with Crippen LogP contribution in [0.15, 0.2) is 32.7 Å². The molecule has 0 amide bonds. The fourth-order valence-electron chi connectivity index (χ4n) is 1.49. The van der Waals surface area contributed by atoms with Crippen molar-refractivity contribution in [3.8, 4) is 0 Å². The van der Waals surface area contributed by atoms with Crippen molar-refractivity contribution in [1.29, 1.82) is 0 Å². The Morgan fingerprint density at radius 1 is 1.31 bits per heavy atom. The van der Waals surface area contributed by atoms with Gasteiger partial charge in [0.1, 0.15) is 5.03 Å². The molecule has 2 aromatic rings. The fraction of sp³-hybridized carbons (Fsp3) is 0.182. The molecular formula is C11H10BrClN2S. The van der Waals surface area contributed by atoms with Crippen molar-refractivity contribution < 1.29 is 0 Å². The van der Waals surface area contributed by atoms with Crippen molar-refractivity contribution in [3.63, 3.8) is 0 Å². The predicted molar refractivity (Wildman–Crippen MR) is 71.3 cm³/mol. The second-order valence-electron chi connectivity index (χ2n) is 3.51. The number of nitrogens with zero attached hydrogens (tertiary/aromatic N) is 1. The van der Waals surface area contributed by atoms with Crippen LogP contribution in [0.1, 0.15) is 11.1 Å². The molecule has 0 aliphatic rings. The lowest BCUT2D eigenvalue weighted by atomic mass is 10.2. The summed E-state index contributed by atoms with van der Waals surface area (Å²) < 4.78 is 1.10. The van der Waals surface area contributed by atoms with E-state index in [9.17, 15) is 0 Å². The minimum Gasteiger partial charge on any atom is -0.283 e. The monoisotopic (exact) mass is 316 g/mol. The Kier molecular flexibility index (Phi) is 3.62. The van der Waals surface area contributed by atoms with Crippen molar-refractivity contribution >= 4 is 39.3 Å². The van der Waals surface area contributed by atoms with Gasteiger partial charge in [0.25, 0.3) is 0 Å². The van der Waals surface area contributed by atoms with Crippen molar-refractivity contribution in [3.05, 3.63) is 39.0 Å². The second kappa shape index (κ2) is 4.82. The summed E-state index contributed by atoms with van der Waals surface area (Å²) in [5.41, 5.74) is 2.44. The molecule has 16 heavy (non-hydrogen) atoms. The Bertz CT molecular complexity index is 501. The largest absolute Gasteiger partial charge is 0.283 e. The third-order valence-electron chi connectivity index (χ3n) is 2.19. The Morgan fingerprint density at radius 3 is 2.44 bits per heavy atom. The van der Waals surface area contributed by atoms with Gasteiger partial charge in [0.15, 0.2) is 0 Å². The van der Waals surface area contributed by atoms with Crippen LogP contribution >= 0.6 is 39.3 Å². The topological polar surface area (TPSA) is 28.7 Å². The Morgan fingerprint density at radius 2 is 1.94 bits per heavy atom. The first-order chi connectivity index (χ1) is 7.58. The van der Waals surface area contributed by atoms with Crippen LogP contribution in [0.25, 0.3) is 0 Å². The lowest BCUT2D eigenvalue weighted by molar-refractivity contribution is 1.00. The molecule has 1 N–H and O–H groups in total. The minimum atomic E-state index is 0.659. The van der Waals surface area contributed by atoms with E-state index in [0.717, 1.165) is 9.50 Å². The van der Waals surface area contributed by atoms with Crippen LogP contribution < -0.4 is 0 Å². The third kappa shape index (κ3) is 2.44. The van der Waals surface area contributed by atoms with Crippen LogP contribution in [0.4, 0.5) is 0 Å². The van der Waals surface area contributed by atoms with Crippen LogP contribution in [0, 0.1) is 13.8 Å². The summed E-state index contributed by atoms with van der Waals surface area (Å²) >= 11 is 11.1. The SMILES string of the molecule is Cc1cc(Br)cc(C)c1Sc1n[nH]cc1Cl. The Balaban J connectivity index is 2.39. The molecule has 0 aliphatic carbocycles. The van der Waals surface area contributed by atoms with Gasteiger partial charge in [-0.15, -0.1) is 0 Å². The van der Waals surface area contributed by atoms with Gasteiger partial charge in [-0.1, -0.05) is 39.3 Å². The third-order valence-corrected chi connectivity index (χ3v) is 4.40. The Hall–Kier alpha value is -0.450. The first-order valence-electron chi connectivity index (χ1n) is 4.72. The molecule has 0 aliphatic heterocycles. The number of nitrogens with one attached hydrogen (secondary N) is 1. The Labute approximate surface area is 112 Å². The molecule has 5 heteroatoms. The maximum absolute atomic E-state index is 6.00. The molecule has 84 valence electrons. The summed E-state index contributed by atoms with van der Waals surface area (Å²) in [4.78, 5) is 1.21. The number of H-pyrrole nitrogens is 1. The maximum Gasteiger partial charge on any atom is 0.141 e. The molecule has 0 bridgehead atoms. The van der Waals surface area contributed by atoms with Gasteiger partial charge >= 0.3 is 0 Å². The standard InChI is InChI=1S/C11H10BrClN2S/c1-6-3-8(12)4-7(2)10(6)16-11-9(13)5-14-15-11/h3-5H,1-2H3,(H,14,15). The number of hydrogen-bond acceptors (Lipinski definition) is 2. The molecule has 0 saturated carbocycles. The first-order valence-corrected chi connectivity index (χ1v) is 6.70. The summed E-state index contributed by atoms with van der Waals surface area (Å²) in [6.07, 6.45) is 1.69. The zero-order valence-corrected chi connectivity index (χ0v) is 12.0. The highest BCUT2D eigenvalue weighted by atomic mass is 79.9. The minimum absolute atomic E-state index is 0.659. The van der Waals surface area contributed by atoms with E-state index >= 15 is 0 Å². The van der Waals surface area contributed by atoms with E-state index in [1.54, 1.807) is 18.0 Å². The van der Waals surface area contributed by atoms with E-state index in [1.165, 1.54) is 16.0 Å². The van der Waals surface area contributed by atoms with E-state index < -0.39 is 0 Å². The lowest BCUT2D eigenvalue weighted by Gasteiger charge is -2.08. The van der Waals surface area contributed by atoms with Gasteiger partial charge in [-0.3, -0.25) is 5.10 Å². The molecule has 0 fully saturated rings. The molecule has 0 saturated heterocycles. The number of aromatic nitrogens is 2. The van der Waals surface area contributed by atoms with Crippen molar-refractivity contribution in [2.45, 2.75) is 23.8 Å². The average molecular weight is 318 g/mol. The van der Waals surface area contributed by atoms with Crippen molar-refractivity contribution in [2.24, 2.45) is 0 Å². The van der Waals surface area contributed by atoms with Gasteiger partial charge in [-0.25, -0.2) is 0 Å². The molecule has 2 nitrogen and oxygen atoms in total. The summed E-state index contributed by atoms with van der Waals surface area (Å²) in [5, 5.41) is 8.34. The molecule has 0 unspecified atom stereocenters. The second-order valence-corrected chi connectivity index (χ2v) is 5.83. The summed E-state index contributed by atoms with van der Waals surface area (Å²) in [5.74, 6) is 0. The summed E-state index contributed by atoms with van der Waals surface area (Å²) in [6, 6.07) is 4.19. The molecule has 2 rings (SSSR count). The van der Waals surface area contributed by atoms with Gasteiger partial charge in [0, 0.05) is 15.6 Å². The van der Waals surface area contributed by atoms with E-state index in [0.29, 0.717) is 5.02 Å². The number of hydrogen-bond donors (Lipinski definition) is 1. The molecule has 1 aromatic carbocycles. The van der Waals surface area contributed by atoms with Crippen molar-refractivity contribution in [1.82, 2.24) is 10.2 Å². The molecule has 0 atom stereocenters. The average Bonchev–Trinajstić information content (AvgIpc) is 2.57. The zero-order valence-electron chi connectivity index (χ0n) is 8.84. The van der Waals surface area contributed by atoms with Crippen LogP contribution in [0.2, 0.25) is 5.02 Å². The van der Waals surface area contributed by atoms with Gasteiger partial charge in [-0.2, -0.15) is 5.10 Å².